The molecule has 128 valence electrons. The number of benzene rings is 1. The van der Waals surface area contributed by atoms with E-state index in [9.17, 15) is 18.0 Å². The van der Waals surface area contributed by atoms with Crippen molar-refractivity contribution in [2.75, 3.05) is 13.1 Å². The Hall–Kier alpha value is -1.56. The zero-order valence-electron chi connectivity index (χ0n) is 13.2. The number of rotatable bonds is 6. The van der Waals surface area contributed by atoms with E-state index < -0.39 is 11.7 Å². The minimum atomic E-state index is -4.31. The maximum absolute atomic E-state index is 12.5. The van der Waals surface area contributed by atoms with Crippen LogP contribution >= 0.6 is 0 Å². The Morgan fingerprint density at radius 3 is 2.61 bits per heavy atom. The van der Waals surface area contributed by atoms with Crippen LogP contribution in [0.15, 0.2) is 24.3 Å². The van der Waals surface area contributed by atoms with Gasteiger partial charge in [-0.05, 0) is 62.9 Å². The largest absolute Gasteiger partial charge is 0.416 e. The van der Waals surface area contributed by atoms with Gasteiger partial charge in [0.15, 0.2) is 0 Å². The zero-order valence-corrected chi connectivity index (χ0v) is 13.2. The van der Waals surface area contributed by atoms with Crippen LogP contribution in [0.5, 0.6) is 0 Å². The molecule has 1 aromatic rings. The molecule has 1 aliphatic rings. The summed E-state index contributed by atoms with van der Waals surface area (Å²) < 4.78 is 37.5. The first-order chi connectivity index (χ1) is 10.8. The van der Waals surface area contributed by atoms with Gasteiger partial charge in [-0.15, -0.1) is 0 Å². The van der Waals surface area contributed by atoms with Crippen LogP contribution in [0.4, 0.5) is 13.2 Å². The monoisotopic (exact) mass is 328 g/mol. The minimum Gasteiger partial charge on any atom is -0.353 e. The van der Waals surface area contributed by atoms with Gasteiger partial charge in [-0.3, -0.25) is 4.79 Å². The van der Waals surface area contributed by atoms with E-state index in [1.165, 1.54) is 12.1 Å². The van der Waals surface area contributed by atoms with Gasteiger partial charge in [-0.1, -0.05) is 12.1 Å². The van der Waals surface area contributed by atoms with Crippen molar-refractivity contribution in [2.45, 2.75) is 44.8 Å². The fourth-order valence-electron chi connectivity index (χ4n) is 2.88. The maximum Gasteiger partial charge on any atom is 0.416 e. The SMILES string of the molecule is CC(Cc1ccc(C(F)(F)F)cc1)NC(=O)CCC1CCNC1. The van der Waals surface area contributed by atoms with Crippen LogP contribution in [0, 0.1) is 5.92 Å². The molecule has 6 heteroatoms. The third-order valence-corrected chi connectivity index (χ3v) is 4.17. The molecule has 2 unspecified atom stereocenters. The summed E-state index contributed by atoms with van der Waals surface area (Å²) in [6.07, 6.45) is -1.29. The lowest BCUT2D eigenvalue weighted by Gasteiger charge is -2.15. The van der Waals surface area contributed by atoms with Crippen molar-refractivity contribution in [2.24, 2.45) is 5.92 Å². The van der Waals surface area contributed by atoms with Gasteiger partial charge in [-0.25, -0.2) is 0 Å². The number of amides is 1. The second kappa shape index (κ2) is 7.81. The summed E-state index contributed by atoms with van der Waals surface area (Å²) in [5.74, 6) is 0.585. The molecule has 1 aromatic carbocycles. The van der Waals surface area contributed by atoms with Gasteiger partial charge >= 0.3 is 6.18 Å². The summed E-state index contributed by atoms with van der Waals surface area (Å²) >= 11 is 0. The summed E-state index contributed by atoms with van der Waals surface area (Å²) in [6, 6.07) is 5.00. The average Bonchev–Trinajstić information content (AvgIpc) is 2.98. The maximum atomic E-state index is 12.5. The van der Waals surface area contributed by atoms with Gasteiger partial charge in [0, 0.05) is 12.5 Å². The van der Waals surface area contributed by atoms with Gasteiger partial charge in [0.05, 0.1) is 5.56 Å². The predicted molar refractivity (Wildman–Crippen MR) is 83.0 cm³/mol. The van der Waals surface area contributed by atoms with E-state index in [-0.39, 0.29) is 11.9 Å². The molecule has 0 spiro atoms. The number of halogens is 3. The summed E-state index contributed by atoms with van der Waals surface area (Å²) in [5, 5.41) is 6.19. The van der Waals surface area contributed by atoms with Gasteiger partial charge in [-0.2, -0.15) is 13.2 Å². The number of alkyl halides is 3. The smallest absolute Gasteiger partial charge is 0.353 e. The lowest BCUT2D eigenvalue weighted by atomic mass is 10.0. The Kier molecular flexibility index (Phi) is 6.04. The minimum absolute atomic E-state index is 0.0105. The normalized spacial score (nSPS) is 19.6. The molecule has 0 aliphatic carbocycles. The topological polar surface area (TPSA) is 41.1 Å². The number of hydrogen-bond acceptors (Lipinski definition) is 2. The Balaban J connectivity index is 1.75. The highest BCUT2D eigenvalue weighted by Gasteiger charge is 2.29. The first-order valence-electron chi connectivity index (χ1n) is 8.01. The fraction of sp³-hybridized carbons (Fsp3) is 0.588. The van der Waals surface area contributed by atoms with E-state index in [0.717, 1.165) is 43.6 Å². The molecule has 0 radical (unpaired) electrons. The van der Waals surface area contributed by atoms with Crippen molar-refractivity contribution < 1.29 is 18.0 Å². The third-order valence-electron chi connectivity index (χ3n) is 4.17. The molecular weight excluding hydrogens is 305 g/mol. The Bertz CT molecular complexity index is 508. The van der Waals surface area contributed by atoms with Crippen LogP contribution in [0.2, 0.25) is 0 Å². The summed E-state index contributed by atoms with van der Waals surface area (Å²) in [7, 11) is 0. The van der Waals surface area contributed by atoms with E-state index in [1.54, 1.807) is 0 Å². The van der Waals surface area contributed by atoms with E-state index in [4.69, 9.17) is 0 Å². The quantitative estimate of drug-likeness (QED) is 0.842. The molecule has 1 saturated heterocycles. The molecule has 2 atom stereocenters. The second-order valence-electron chi connectivity index (χ2n) is 6.26. The van der Waals surface area contributed by atoms with E-state index in [0.29, 0.717) is 18.8 Å². The molecule has 0 saturated carbocycles. The highest BCUT2D eigenvalue weighted by Crippen LogP contribution is 2.29. The van der Waals surface area contributed by atoms with Crippen molar-refractivity contribution in [3.05, 3.63) is 35.4 Å². The Morgan fingerprint density at radius 2 is 2.04 bits per heavy atom. The van der Waals surface area contributed by atoms with Crippen LogP contribution in [0.1, 0.15) is 37.3 Å². The van der Waals surface area contributed by atoms with Crippen molar-refractivity contribution in [3.8, 4) is 0 Å². The van der Waals surface area contributed by atoms with Crippen LogP contribution in [0.25, 0.3) is 0 Å². The van der Waals surface area contributed by atoms with Gasteiger partial charge in [0.2, 0.25) is 5.91 Å². The van der Waals surface area contributed by atoms with Crippen molar-refractivity contribution in [1.82, 2.24) is 10.6 Å². The molecule has 1 aliphatic heterocycles. The highest BCUT2D eigenvalue weighted by atomic mass is 19.4. The lowest BCUT2D eigenvalue weighted by molar-refractivity contribution is -0.137. The van der Waals surface area contributed by atoms with E-state index in [2.05, 4.69) is 10.6 Å². The van der Waals surface area contributed by atoms with Gasteiger partial charge in [0.25, 0.3) is 0 Å². The predicted octanol–water partition coefficient (Wildman–Crippen LogP) is 3.14. The first-order valence-corrected chi connectivity index (χ1v) is 8.01. The molecule has 2 N–H and O–H groups in total. The number of hydrogen-bond donors (Lipinski definition) is 2. The van der Waals surface area contributed by atoms with Gasteiger partial charge in [0.1, 0.15) is 0 Å². The van der Waals surface area contributed by atoms with Crippen molar-refractivity contribution in [3.63, 3.8) is 0 Å². The Morgan fingerprint density at radius 1 is 1.35 bits per heavy atom. The number of carbonyl (C=O) groups is 1. The van der Waals surface area contributed by atoms with E-state index >= 15 is 0 Å². The summed E-state index contributed by atoms with van der Waals surface area (Å²) in [6.45, 7) is 3.87. The standard InChI is InChI=1S/C17H23F3N2O/c1-12(22-16(23)7-4-14-8-9-21-11-14)10-13-2-5-15(6-3-13)17(18,19)20/h2-3,5-6,12,14,21H,4,7-11H2,1H3,(H,22,23). The van der Waals surface area contributed by atoms with Crippen LogP contribution in [-0.4, -0.2) is 25.0 Å². The van der Waals surface area contributed by atoms with Gasteiger partial charge < -0.3 is 10.6 Å². The molecule has 23 heavy (non-hydrogen) atoms. The second-order valence-corrected chi connectivity index (χ2v) is 6.26. The number of nitrogens with one attached hydrogen (secondary N) is 2. The molecule has 0 bridgehead atoms. The van der Waals surface area contributed by atoms with Crippen molar-refractivity contribution >= 4 is 5.91 Å². The summed E-state index contributed by atoms with van der Waals surface area (Å²) in [4.78, 5) is 11.9. The molecule has 1 heterocycles. The van der Waals surface area contributed by atoms with Crippen molar-refractivity contribution in [1.29, 1.82) is 0 Å². The lowest BCUT2D eigenvalue weighted by Crippen LogP contribution is -2.34. The summed E-state index contributed by atoms with van der Waals surface area (Å²) in [5.41, 5.74) is 0.133. The molecule has 2 rings (SSSR count). The zero-order chi connectivity index (χ0) is 16.9. The number of carbonyl (C=O) groups excluding carboxylic acids is 1. The first kappa shape index (κ1) is 17.8. The van der Waals surface area contributed by atoms with E-state index in [1.807, 2.05) is 6.92 Å². The molecular formula is C17H23F3N2O. The Labute approximate surface area is 134 Å². The third kappa shape index (κ3) is 5.86. The molecule has 3 nitrogen and oxygen atoms in total. The molecule has 0 aromatic heterocycles. The van der Waals surface area contributed by atoms with Crippen LogP contribution < -0.4 is 10.6 Å². The van der Waals surface area contributed by atoms with Crippen LogP contribution in [-0.2, 0) is 17.4 Å². The highest BCUT2D eigenvalue weighted by molar-refractivity contribution is 5.76. The molecule has 1 fully saturated rings. The molecule has 1 amide bonds. The fourth-order valence-corrected chi connectivity index (χ4v) is 2.88. The van der Waals surface area contributed by atoms with Crippen LogP contribution in [0.3, 0.4) is 0 Å². The average molecular weight is 328 g/mol.